The van der Waals surface area contributed by atoms with Crippen molar-refractivity contribution in [3.8, 4) is 0 Å². The number of aliphatic hydroxyl groups excluding tert-OH is 1. The van der Waals surface area contributed by atoms with Crippen molar-refractivity contribution in [1.82, 2.24) is 5.32 Å². The highest BCUT2D eigenvalue weighted by Gasteiger charge is 2.18. The molecule has 3 atom stereocenters. The zero-order valence-electron chi connectivity index (χ0n) is 15.1. The predicted molar refractivity (Wildman–Crippen MR) is 105 cm³/mol. The lowest BCUT2D eigenvalue weighted by molar-refractivity contribution is 0.130. The van der Waals surface area contributed by atoms with Gasteiger partial charge in [0.1, 0.15) is 0 Å². The van der Waals surface area contributed by atoms with Crippen molar-refractivity contribution in [1.29, 1.82) is 0 Å². The summed E-state index contributed by atoms with van der Waals surface area (Å²) < 4.78 is 0. The van der Waals surface area contributed by atoms with Gasteiger partial charge in [0.2, 0.25) is 0 Å². The minimum atomic E-state index is -0.499. The van der Waals surface area contributed by atoms with E-state index in [0.717, 1.165) is 12.0 Å². The number of aliphatic hydroxyl groups is 1. The summed E-state index contributed by atoms with van der Waals surface area (Å²) >= 11 is 1.84. The lowest BCUT2D eigenvalue weighted by Crippen LogP contribution is -2.39. The van der Waals surface area contributed by atoms with E-state index < -0.39 is 6.10 Å². The third-order valence-electron chi connectivity index (χ3n) is 4.00. The third-order valence-corrected chi connectivity index (χ3v) is 5.01. The Kier molecular flexibility index (Phi) is 7.35. The molecule has 2 rings (SSSR count). The second kappa shape index (κ2) is 9.26. The fourth-order valence-electron chi connectivity index (χ4n) is 2.87. The number of hydrogen-bond donors (Lipinski definition) is 2. The minimum absolute atomic E-state index is 0.00677. The largest absolute Gasteiger partial charge is 0.387 e. The van der Waals surface area contributed by atoms with Crippen LogP contribution in [0.1, 0.15) is 44.9 Å². The monoisotopic (exact) mass is 343 g/mol. The summed E-state index contributed by atoms with van der Waals surface area (Å²) in [7, 11) is 0. The zero-order valence-corrected chi connectivity index (χ0v) is 15.9. The molecular weight excluding hydrogens is 314 g/mol. The van der Waals surface area contributed by atoms with E-state index in [0.29, 0.717) is 11.3 Å². The van der Waals surface area contributed by atoms with Crippen LogP contribution in [0.4, 0.5) is 0 Å². The highest BCUT2D eigenvalue weighted by molar-refractivity contribution is 7.99. The molecule has 0 aliphatic heterocycles. The van der Waals surface area contributed by atoms with Gasteiger partial charge >= 0.3 is 0 Å². The first-order chi connectivity index (χ1) is 11.5. The maximum atomic E-state index is 10.6. The molecule has 0 spiro atoms. The van der Waals surface area contributed by atoms with Gasteiger partial charge < -0.3 is 10.4 Å². The van der Waals surface area contributed by atoms with Crippen LogP contribution >= 0.6 is 11.8 Å². The number of nitrogens with one attached hydrogen (secondary N) is 1. The molecule has 0 saturated carbocycles. The van der Waals surface area contributed by atoms with Crippen LogP contribution in [0.2, 0.25) is 0 Å². The SMILES string of the molecule is CC(Cc1ccccc1)NC(C)C(O)c1ccc(SC(C)C)cc1. The summed E-state index contributed by atoms with van der Waals surface area (Å²) in [6.45, 7) is 8.59. The molecule has 2 aromatic rings. The van der Waals surface area contributed by atoms with Crippen molar-refractivity contribution in [2.24, 2.45) is 0 Å². The van der Waals surface area contributed by atoms with Gasteiger partial charge in [-0.2, -0.15) is 0 Å². The van der Waals surface area contributed by atoms with Crippen LogP contribution < -0.4 is 5.32 Å². The topological polar surface area (TPSA) is 32.3 Å². The molecular formula is C21H29NOS. The fourth-order valence-corrected chi connectivity index (χ4v) is 3.71. The Balaban J connectivity index is 1.90. The molecule has 0 heterocycles. The molecule has 0 amide bonds. The van der Waals surface area contributed by atoms with Gasteiger partial charge in [-0.25, -0.2) is 0 Å². The number of rotatable bonds is 8. The molecule has 2 N–H and O–H groups in total. The van der Waals surface area contributed by atoms with Gasteiger partial charge in [0.05, 0.1) is 6.10 Å². The minimum Gasteiger partial charge on any atom is -0.387 e. The van der Waals surface area contributed by atoms with E-state index in [1.165, 1.54) is 10.5 Å². The molecule has 0 radical (unpaired) electrons. The molecule has 0 bridgehead atoms. The maximum Gasteiger partial charge on any atom is 0.0940 e. The summed E-state index contributed by atoms with van der Waals surface area (Å²) in [6.07, 6.45) is 0.461. The summed E-state index contributed by atoms with van der Waals surface area (Å²) in [6, 6.07) is 19.1. The molecule has 0 aromatic heterocycles. The van der Waals surface area contributed by atoms with Crippen LogP contribution in [-0.4, -0.2) is 22.4 Å². The Morgan fingerprint density at radius 2 is 1.54 bits per heavy atom. The Hall–Kier alpha value is -1.29. The Labute approximate surface area is 150 Å². The van der Waals surface area contributed by atoms with Crippen LogP contribution in [0.3, 0.4) is 0 Å². The highest BCUT2D eigenvalue weighted by atomic mass is 32.2. The lowest BCUT2D eigenvalue weighted by Gasteiger charge is -2.25. The van der Waals surface area contributed by atoms with Crippen molar-refractivity contribution in [3.63, 3.8) is 0 Å². The molecule has 2 nitrogen and oxygen atoms in total. The second-order valence-corrected chi connectivity index (χ2v) is 8.38. The van der Waals surface area contributed by atoms with Gasteiger partial charge in [0.15, 0.2) is 0 Å². The van der Waals surface area contributed by atoms with Crippen LogP contribution in [0.25, 0.3) is 0 Å². The van der Waals surface area contributed by atoms with Crippen LogP contribution in [0.5, 0.6) is 0 Å². The Morgan fingerprint density at radius 3 is 2.12 bits per heavy atom. The van der Waals surface area contributed by atoms with E-state index in [-0.39, 0.29) is 6.04 Å². The van der Waals surface area contributed by atoms with Crippen molar-refractivity contribution in [2.45, 2.75) is 62.4 Å². The molecule has 3 heteroatoms. The highest BCUT2D eigenvalue weighted by Crippen LogP contribution is 2.25. The summed E-state index contributed by atoms with van der Waals surface area (Å²) in [5, 5.41) is 14.7. The Bertz CT molecular complexity index is 597. The molecule has 0 saturated heterocycles. The van der Waals surface area contributed by atoms with E-state index in [1.807, 2.05) is 36.9 Å². The van der Waals surface area contributed by atoms with E-state index in [1.54, 1.807) is 0 Å². The van der Waals surface area contributed by atoms with E-state index in [2.05, 4.69) is 62.5 Å². The van der Waals surface area contributed by atoms with Gasteiger partial charge in [0, 0.05) is 22.2 Å². The third kappa shape index (κ3) is 5.97. The fraction of sp³-hybridized carbons (Fsp3) is 0.429. The number of hydrogen-bond acceptors (Lipinski definition) is 3. The normalized spacial score (nSPS) is 15.2. The number of benzene rings is 2. The molecule has 0 aliphatic rings. The first-order valence-corrected chi connectivity index (χ1v) is 9.58. The summed E-state index contributed by atoms with van der Waals surface area (Å²) in [5.41, 5.74) is 2.28. The van der Waals surface area contributed by atoms with Crippen molar-refractivity contribution < 1.29 is 5.11 Å². The molecule has 24 heavy (non-hydrogen) atoms. The van der Waals surface area contributed by atoms with Crippen LogP contribution in [-0.2, 0) is 6.42 Å². The van der Waals surface area contributed by atoms with E-state index >= 15 is 0 Å². The quantitative estimate of drug-likeness (QED) is 0.673. The first kappa shape index (κ1) is 19.0. The maximum absolute atomic E-state index is 10.6. The van der Waals surface area contributed by atoms with Crippen molar-refractivity contribution in [2.75, 3.05) is 0 Å². The van der Waals surface area contributed by atoms with Gasteiger partial charge in [-0.1, -0.05) is 56.3 Å². The van der Waals surface area contributed by atoms with Crippen LogP contribution in [0, 0.1) is 0 Å². The Morgan fingerprint density at radius 1 is 0.917 bits per heavy atom. The van der Waals surface area contributed by atoms with E-state index in [9.17, 15) is 5.11 Å². The predicted octanol–water partition coefficient (Wildman–Crippen LogP) is 4.83. The van der Waals surface area contributed by atoms with Crippen molar-refractivity contribution in [3.05, 3.63) is 65.7 Å². The van der Waals surface area contributed by atoms with Gasteiger partial charge in [-0.05, 0) is 43.5 Å². The standard InChI is InChI=1S/C21H29NOS/c1-15(2)24-20-12-10-19(11-13-20)21(23)17(4)22-16(3)14-18-8-6-5-7-9-18/h5-13,15-17,21-23H,14H2,1-4H3. The average molecular weight is 344 g/mol. The summed E-state index contributed by atoms with van der Waals surface area (Å²) in [4.78, 5) is 1.25. The van der Waals surface area contributed by atoms with Gasteiger partial charge in [-0.15, -0.1) is 11.8 Å². The van der Waals surface area contributed by atoms with Gasteiger partial charge in [-0.3, -0.25) is 0 Å². The second-order valence-electron chi connectivity index (χ2n) is 6.73. The molecule has 0 fully saturated rings. The molecule has 2 aromatic carbocycles. The molecule has 130 valence electrons. The van der Waals surface area contributed by atoms with E-state index in [4.69, 9.17) is 0 Å². The smallest absolute Gasteiger partial charge is 0.0940 e. The van der Waals surface area contributed by atoms with Gasteiger partial charge in [0.25, 0.3) is 0 Å². The average Bonchev–Trinajstić information content (AvgIpc) is 2.55. The van der Waals surface area contributed by atoms with Crippen molar-refractivity contribution >= 4 is 11.8 Å². The first-order valence-electron chi connectivity index (χ1n) is 8.70. The molecule has 3 unspecified atom stereocenters. The van der Waals surface area contributed by atoms with Crippen LogP contribution in [0.15, 0.2) is 59.5 Å². The lowest BCUT2D eigenvalue weighted by atomic mass is 10.0. The zero-order chi connectivity index (χ0) is 17.5. The summed E-state index contributed by atoms with van der Waals surface area (Å²) in [5.74, 6) is 0. The molecule has 0 aliphatic carbocycles. The number of thioether (sulfide) groups is 1.